The molecular formula is C18H22N2O4S. The minimum absolute atomic E-state index is 0.00515. The van der Waals surface area contributed by atoms with Crippen molar-refractivity contribution in [3.05, 3.63) is 35.9 Å². The number of fused-ring (bicyclic) bond motifs is 1. The lowest BCUT2D eigenvalue weighted by Gasteiger charge is -2.33. The van der Waals surface area contributed by atoms with E-state index in [0.29, 0.717) is 24.3 Å². The third-order valence-corrected chi connectivity index (χ3v) is 5.44. The molecule has 1 saturated heterocycles. The molecule has 1 aliphatic heterocycles. The van der Waals surface area contributed by atoms with Gasteiger partial charge in [-0.25, -0.2) is 13.1 Å². The highest BCUT2D eigenvalue weighted by Crippen LogP contribution is 2.30. The number of aldehydes is 1. The highest BCUT2D eigenvalue weighted by Gasteiger charge is 2.20. The standard InChI is InChI=1S/C18H22N2O4S/c1-25(23,24)19-11-13-6-8-20(9-7-13)15-3-4-16-14(10-15)2-5-18(22)17(16)12-21/h2-5,10,12-13,19,22H,6-9,11H2,1H3. The molecule has 1 heterocycles. The van der Waals surface area contributed by atoms with E-state index >= 15 is 0 Å². The predicted octanol–water partition coefficient (Wildman–Crippen LogP) is 2.12. The summed E-state index contributed by atoms with van der Waals surface area (Å²) in [6.45, 7) is 2.22. The maximum absolute atomic E-state index is 11.2. The van der Waals surface area contributed by atoms with Crippen molar-refractivity contribution in [2.75, 3.05) is 30.8 Å². The Morgan fingerprint density at radius 2 is 1.96 bits per heavy atom. The number of rotatable bonds is 5. The van der Waals surface area contributed by atoms with Crippen LogP contribution in [0.4, 0.5) is 5.69 Å². The zero-order chi connectivity index (χ0) is 18.0. The fourth-order valence-corrected chi connectivity index (χ4v) is 3.85. The Hall–Kier alpha value is -2.12. The summed E-state index contributed by atoms with van der Waals surface area (Å²) in [5, 5.41) is 11.4. The molecule has 0 atom stereocenters. The van der Waals surface area contributed by atoms with E-state index < -0.39 is 10.0 Å². The lowest BCUT2D eigenvalue weighted by Crippen LogP contribution is -2.38. The number of carbonyl (C=O) groups is 1. The Morgan fingerprint density at radius 3 is 2.60 bits per heavy atom. The first-order valence-corrected chi connectivity index (χ1v) is 10.2. The van der Waals surface area contributed by atoms with E-state index in [1.807, 2.05) is 24.3 Å². The highest BCUT2D eigenvalue weighted by atomic mass is 32.2. The first-order chi connectivity index (χ1) is 11.9. The molecule has 2 aromatic rings. The molecule has 2 aromatic carbocycles. The van der Waals surface area contributed by atoms with Gasteiger partial charge in [0, 0.05) is 25.3 Å². The first kappa shape index (κ1) is 17.7. The van der Waals surface area contributed by atoms with E-state index in [-0.39, 0.29) is 5.75 Å². The number of piperidine rings is 1. The first-order valence-electron chi connectivity index (χ1n) is 8.28. The number of aromatic hydroxyl groups is 1. The molecule has 0 amide bonds. The zero-order valence-electron chi connectivity index (χ0n) is 14.1. The third kappa shape index (κ3) is 4.11. The number of phenolic OH excluding ortho intramolecular Hbond substituents is 1. The van der Waals surface area contributed by atoms with E-state index in [1.165, 1.54) is 6.26 Å². The summed E-state index contributed by atoms with van der Waals surface area (Å²) < 4.78 is 25.0. The summed E-state index contributed by atoms with van der Waals surface area (Å²) in [5.74, 6) is 0.347. The number of phenols is 1. The van der Waals surface area contributed by atoms with E-state index in [9.17, 15) is 18.3 Å². The van der Waals surface area contributed by atoms with E-state index in [1.54, 1.807) is 6.07 Å². The monoisotopic (exact) mass is 362 g/mol. The molecule has 25 heavy (non-hydrogen) atoms. The van der Waals surface area contributed by atoms with E-state index in [0.717, 1.165) is 42.4 Å². The molecule has 0 aliphatic carbocycles. The number of sulfonamides is 1. The number of hydrogen-bond donors (Lipinski definition) is 2. The van der Waals surface area contributed by atoms with Gasteiger partial charge in [-0.05, 0) is 47.7 Å². The summed E-state index contributed by atoms with van der Waals surface area (Å²) >= 11 is 0. The molecule has 134 valence electrons. The second-order valence-electron chi connectivity index (χ2n) is 6.57. The number of benzene rings is 2. The van der Waals surface area contributed by atoms with Crippen LogP contribution in [0.15, 0.2) is 30.3 Å². The Kier molecular flexibility index (Phi) is 4.96. The number of carbonyl (C=O) groups excluding carboxylic acids is 1. The van der Waals surface area contributed by atoms with Crippen LogP contribution in [0.3, 0.4) is 0 Å². The molecule has 0 bridgehead atoms. The second-order valence-corrected chi connectivity index (χ2v) is 8.41. The van der Waals surface area contributed by atoms with Gasteiger partial charge in [0.2, 0.25) is 10.0 Å². The van der Waals surface area contributed by atoms with Crippen molar-refractivity contribution in [3.8, 4) is 5.75 Å². The average molecular weight is 362 g/mol. The molecule has 1 fully saturated rings. The molecule has 6 nitrogen and oxygen atoms in total. The van der Waals surface area contributed by atoms with Gasteiger partial charge in [0.15, 0.2) is 6.29 Å². The summed E-state index contributed by atoms with van der Waals surface area (Å²) in [7, 11) is -3.14. The SMILES string of the molecule is CS(=O)(=O)NCC1CCN(c2ccc3c(C=O)c(O)ccc3c2)CC1. The Labute approximate surface area is 147 Å². The predicted molar refractivity (Wildman–Crippen MR) is 98.8 cm³/mol. The molecule has 0 aromatic heterocycles. The van der Waals surface area contributed by atoms with Crippen LogP contribution in [0.5, 0.6) is 5.75 Å². The normalized spacial score (nSPS) is 16.3. The lowest BCUT2D eigenvalue weighted by molar-refractivity contribution is 0.112. The maximum atomic E-state index is 11.2. The average Bonchev–Trinajstić information content (AvgIpc) is 2.59. The van der Waals surface area contributed by atoms with Gasteiger partial charge in [-0.15, -0.1) is 0 Å². The van der Waals surface area contributed by atoms with Crippen molar-refractivity contribution in [1.29, 1.82) is 0 Å². The van der Waals surface area contributed by atoms with Crippen molar-refractivity contribution in [2.45, 2.75) is 12.8 Å². The minimum atomic E-state index is -3.14. The maximum Gasteiger partial charge on any atom is 0.208 e. The van der Waals surface area contributed by atoms with Crippen LogP contribution in [-0.2, 0) is 10.0 Å². The minimum Gasteiger partial charge on any atom is -0.507 e. The van der Waals surface area contributed by atoms with Gasteiger partial charge in [-0.3, -0.25) is 4.79 Å². The van der Waals surface area contributed by atoms with E-state index in [2.05, 4.69) is 9.62 Å². The van der Waals surface area contributed by atoms with Crippen molar-refractivity contribution >= 4 is 32.8 Å². The van der Waals surface area contributed by atoms with Gasteiger partial charge in [-0.2, -0.15) is 0 Å². The van der Waals surface area contributed by atoms with Crippen molar-refractivity contribution in [1.82, 2.24) is 4.72 Å². The van der Waals surface area contributed by atoms with E-state index in [4.69, 9.17) is 0 Å². The lowest BCUT2D eigenvalue weighted by atomic mass is 9.96. The van der Waals surface area contributed by atoms with Gasteiger partial charge >= 0.3 is 0 Å². The van der Waals surface area contributed by atoms with Crippen LogP contribution < -0.4 is 9.62 Å². The van der Waals surface area contributed by atoms with Crippen LogP contribution in [0, 0.1) is 5.92 Å². The summed E-state index contributed by atoms with van der Waals surface area (Å²) in [5.41, 5.74) is 1.39. The van der Waals surface area contributed by atoms with Gasteiger partial charge in [0.05, 0.1) is 11.8 Å². The molecule has 1 aliphatic rings. The molecular weight excluding hydrogens is 340 g/mol. The summed E-state index contributed by atoms with van der Waals surface area (Å²) in [4.78, 5) is 13.4. The highest BCUT2D eigenvalue weighted by molar-refractivity contribution is 7.88. The Bertz CT molecular complexity index is 887. The second kappa shape index (κ2) is 7.01. The number of anilines is 1. The molecule has 7 heteroatoms. The Morgan fingerprint density at radius 1 is 1.24 bits per heavy atom. The van der Waals surface area contributed by atoms with Crippen LogP contribution in [0.25, 0.3) is 10.8 Å². The summed E-state index contributed by atoms with van der Waals surface area (Å²) in [6.07, 6.45) is 3.71. The van der Waals surface area contributed by atoms with Crippen LogP contribution in [0.2, 0.25) is 0 Å². The smallest absolute Gasteiger partial charge is 0.208 e. The van der Waals surface area contributed by atoms with Gasteiger partial charge in [0.25, 0.3) is 0 Å². The number of nitrogens with one attached hydrogen (secondary N) is 1. The van der Waals surface area contributed by atoms with Crippen LogP contribution in [0.1, 0.15) is 23.2 Å². The van der Waals surface area contributed by atoms with Crippen molar-refractivity contribution in [2.24, 2.45) is 5.92 Å². The van der Waals surface area contributed by atoms with Gasteiger partial charge < -0.3 is 10.0 Å². The molecule has 0 spiro atoms. The summed E-state index contributed by atoms with van der Waals surface area (Å²) in [6, 6.07) is 9.20. The van der Waals surface area contributed by atoms with Crippen LogP contribution >= 0.6 is 0 Å². The molecule has 2 N–H and O–H groups in total. The molecule has 0 saturated carbocycles. The molecule has 3 rings (SSSR count). The quantitative estimate of drug-likeness (QED) is 0.796. The Balaban J connectivity index is 1.71. The van der Waals surface area contributed by atoms with Gasteiger partial charge in [0.1, 0.15) is 5.75 Å². The van der Waals surface area contributed by atoms with Gasteiger partial charge in [-0.1, -0.05) is 12.1 Å². The largest absolute Gasteiger partial charge is 0.507 e. The third-order valence-electron chi connectivity index (χ3n) is 4.75. The fourth-order valence-electron chi connectivity index (χ4n) is 3.31. The topological polar surface area (TPSA) is 86.7 Å². The fraction of sp³-hybridized carbons (Fsp3) is 0.389. The van der Waals surface area contributed by atoms with Crippen molar-refractivity contribution < 1.29 is 18.3 Å². The number of hydrogen-bond acceptors (Lipinski definition) is 5. The molecule has 0 unspecified atom stereocenters. The zero-order valence-corrected chi connectivity index (χ0v) is 14.9. The molecule has 0 radical (unpaired) electrons. The van der Waals surface area contributed by atoms with Crippen LogP contribution in [-0.4, -0.2) is 45.7 Å². The number of nitrogens with zero attached hydrogens (tertiary/aromatic N) is 1. The van der Waals surface area contributed by atoms with Crippen molar-refractivity contribution in [3.63, 3.8) is 0 Å².